The van der Waals surface area contributed by atoms with Crippen LogP contribution < -0.4 is 0 Å². The van der Waals surface area contributed by atoms with Gasteiger partial charge in [0.2, 0.25) is 0 Å². The largest absolute Gasteiger partial charge is 0.504 e. The second-order valence-corrected chi connectivity index (χ2v) is 13.5. The molecule has 0 aromatic heterocycles. The second-order valence-electron chi connectivity index (χ2n) is 13.5. The number of allylic oxidation sites excluding steroid dienone is 10. The molecule has 46 heavy (non-hydrogen) atoms. The Kier molecular flexibility index (Phi) is 17.1. The highest BCUT2D eigenvalue weighted by atomic mass is 16.3. The maximum absolute atomic E-state index is 9.71. The summed E-state index contributed by atoms with van der Waals surface area (Å²) in [5.41, 5.74) is 7.04. The van der Waals surface area contributed by atoms with Crippen LogP contribution in [0.3, 0.4) is 0 Å². The molecule has 4 heteroatoms. The zero-order chi connectivity index (χ0) is 34.9. The van der Waals surface area contributed by atoms with E-state index in [-0.39, 0.29) is 33.8 Å². The van der Waals surface area contributed by atoms with Crippen molar-refractivity contribution in [3.63, 3.8) is 0 Å². The molecule has 2 rings (SSSR count). The smallest absolute Gasteiger partial charge is 0.157 e. The molecule has 0 spiro atoms. The van der Waals surface area contributed by atoms with Gasteiger partial charge in [-0.25, -0.2) is 0 Å². The SMILES string of the molecule is C=CC(C)(CCC=C(C)CCC=C(C)C)c1ccc(O)c(O)c1.C=CC(C)(CCC=C(C)CCC=C(C)C)c1ccc(O)c(O)c1. The third-order valence-electron chi connectivity index (χ3n) is 8.67. The van der Waals surface area contributed by atoms with Crippen LogP contribution >= 0.6 is 0 Å². The topological polar surface area (TPSA) is 80.9 Å². The molecule has 4 nitrogen and oxygen atoms in total. The first-order valence-electron chi connectivity index (χ1n) is 16.5. The van der Waals surface area contributed by atoms with Gasteiger partial charge in [0, 0.05) is 10.8 Å². The highest BCUT2D eigenvalue weighted by Crippen LogP contribution is 2.37. The molecule has 0 aliphatic heterocycles. The molecule has 0 saturated heterocycles. The van der Waals surface area contributed by atoms with Gasteiger partial charge in [-0.1, -0.05) is 84.7 Å². The van der Waals surface area contributed by atoms with Crippen LogP contribution in [0.4, 0.5) is 0 Å². The summed E-state index contributed by atoms with van der Waals surface area (Å²) in [7, 11) is 0. The first-order valence-corrected chi connectivity index (χ1v) is 16.5. The monoisotopic (exact) mass is 628 g/mol. The van der Waals surface area contributed by atoms with Gasteiger partial charge in [0.25, 0.3) is 0 Å². The molecule has 2 aromatic carbocycles. The van der Waals surface area contributed by atoms with Crippen molar-refractivity contribution < 1.29 is 20.4 Å². The van der Waals surface area contributed by atoms with Gasteiger partial charge < -0.3 is 20.4 Å². The van der Waals surface area contributed by atoms with E-state index in [2.05, 4.69) is 92.9 Å². The van der Waals surface area contributed by atoms with Gasteiger partial charge in [-0.3, -0.25) is 0 Å². The van der Waals surface area contributed by atoms with E-state index in [1.807, 2.05) is 24.3 Å². The molecule has 2 atom stereocenters. The summed E-state index contributed by atoms with van der Waals surface area (Å²) in [6, 6.07) is 10.0. The highest BCUT2D eigenvalue weighted by molar-refractivity contribution is 5.45. The van der Waals surface area contributed by atoms with Crippen LogP contribution in [0.5, 0.6) is 23.0 Å². The first kappa shape index (κ1) is 40.1. The predicted octanol–water partition coefficient (Wildman–Crippen LogP) is 12.0. The zero-order valence-corrected chi connectivity index (χ0v) is 29.8. The fourth-order valence-electron chi connectivity index (χ4n) is 5.10. The molecule has 0 aliphatic carbocycles. The van der Waals surface area contributed by atoms with E-state index in [0.29, 0.717) is 0 Å². The van der Waals surface area contributed by atoms with Crippen molar-refractivity contribution in [1.82, 2.24) is 0 Å². The van der Waals surface area contributed by atoms with Crippen LogP contribution in [0.25, 0.3) is 0 Å². The second kappa shape index (κ2) is 19.6. The molecule has 0 aliphatic rings. The lowest BCUT2D eigenvalue weighted by Crippen LogP contribution is -2.18. The molecule has 0 heterocycles. The van der Waals surface area contributed by atoms with Crippen LogP contribution in [-0.4, -0.2) is 20.4 Å². The number of rotatable bonds is 16. The average Bonchev–Trinajstić information content (AvgIpc) is 2.99. The van der Waals surface area contributed by atoms with Crippen molar-refractivity contribution >= 4 is 0 Å². The summed E-state index contributed by atoms with van der Waals surface area (Å²) in [6.07, 6.45) is 21.1. The van der Waals surface area contributed by atoms with Crippen molar-refractivity contribution in [1.29, 1.82) is 0 Å². The van der Waals surface area contributed by atoms with Gasteiger partial charge in [-0.15, -0.1) is 13.2 Å². The molecule has 2 aromatic rings. The number of phenolic OH excluding ortho intramolecular Hbond substituents is 4. The maximum atomic E-state index is 9.71. The standard InChI is InChI=1S/2C21H30O2/c2*1-6-21(5,18-12-13-19(22)20(23)15-18)14-8-11-17(4)10-7-9-16(2)3/h2*6,9,11-13,15,22-23H,1,7-8,10,14H2,2-5H3. The Hall–Kier alpha value is -3.92. The minimum Gasteiger partial charge on any atom is -0.504 e. The van der Waals surface area contributed by atoms with Gasteiger partial charge in [0.05, 0.1) is 0 Å². The minimum atomic E-state index is -0.220. The van der Waals surface area contributed by atoms with E-state index >= 15 is 0 Å². The molecule has 0 radical (unpaired) electrons. The van der Waals surface area contributed by atoms with Gasteiger partial charge in [-0.2, -0.15) is 0 Å². The average molecular weight is 629 g/mol. The van der Waals surface area contributed by atoms with E-state index in [4.69, 9.17) is 0 Å². The summed E-state index contributed by atoms with van der Waals surface area (Å²) in [4.78, 5) is 0. The highest BCUT2D eigenvalue weighted by Gasteiger charge is 2.24. The first-order chi connectivity index (χ1) is 21.6. The van der Waals surface area contributed by atoms with Crippen molar-refractivity contribution in [2.75, 3.05) is 0 Å². The molecule has 2 unspecified atom stereocenters. The molecule has 0 fully saturated rings. The van der Waals surface area contributed by atoms with Crippen LogP contribution in [0.15, 0.2) is 108 Å². The van der Waals surface area contributed by atoms with E-state index in [1.54, 1.807) is 12.1 Å². The van der Waals surface area contributed by atoms with Crippen molar-refractivity contribution in [3.8, 4) is 23.0 Å². The van der Waals surface area contributed by atoms with Crippen molar-refractivity contribution in [2.24, 2.45) is 0 Å². The fourth-order valence-corrected chi connectivity index (χ4v) is 5.10. The molecule has 4 N–H and O–H groups in total. The van der Waals surface area contributed by atoms with Crippen LogP contribution in [0, 0.1) is 0 Å². The molecular weight excluding hydrogens is 568 g/mol. The van der Waals surface area contributed by atoms with E-state index in [9.17, 15) is 20.4 Å². The zero-order valence-electron chi connectivity index (χ0n) is 29.8. The number of hydrogen-bond donors (Lipinski definition) is 4. The summed E-state index contributed by atoms with van der Waals surface area (Å²) < 4.78 is 0. The van der Waals surface area contributed by atoms with Gasteiger partial charge >= 0.3 is 0 Å². The Balaban J connectivity index is 0.000000460. The van der Waals surface area contributed by atoms with E-state index < -0.39 is 0 Å². The lowest BCUT2D eigenvalue weighted by Gasteiger charge is -2.26. The molecular formula is C42H60O4. The molecule has 0 saturated carbocycles. The Morgan fingerprint density at radius 2 is 0.891 bits per heavy atom. The molecule has 0 amide bonds. The Morgan fingerprint density at radius 3 is 1.17 bits per heavy atom. The van der Waals surface area contributed by atoms with Gasteiger partial charge in [0.15, 0.2) is 23.0 Å². The lowest BCUT2D eigenvalue weighted by molar-refractivity contribution is 0.401. The lowest BCUT2D eigenvalue weighted by atomic mass is 9.78. The van der Waals surface area contributed by atoms with Gasteiger partial charge in [-0.05, 0) is 128 Å². The number of phenols is 4. The predicted molar refractivity (Wildman–Crippen MR) is 198 cm³/mol. The van der Waals surface area contributed by atoms with Crippen LogP contribution in [0.2, 0.25) is 0 Å². The Morgan fingerprint density at radius 1 is 0.543 bits per heavy atom. The van der Waals surface area contributed by atoms with E-state index in [0.717, 1.165) is 62.5 Å². The maximum Gasteiger partial charge on any atom is 0.157 e. The number of aromatic hydroxyl groups is 4. The minimum absolute atomic E-state index is 0.0796. The summed E-state index contributed by atoms with van der Waals surface area (Å²) in [5, 5.41) is 38.4. The molecule has 0 bridgehead atoms. The normalized spacial score (nSPS) is 14.2. The Labute approximate surface area is 279 Å². The van der Waals surface area contributed by atoms with E-state index in [1.165, 1.54) is 34.4 Å². The summed E-state index contributed by atoms with van der Waals surface area (Å²) in [5.74, 6) is -0.335. The van der Waals surface area contributed by atoms with Gasteiger partial charge in [0.1, 0.15) is 0 Å². The summed E-state index contributed by atoms with van der Waals surface area (Å²) in [6.45, 7) is 25.0. The van der Waals surface area contributed by atoms with Crippen LogP contribution in [-0.2, 0) is 10.8 Å². The number of benzene rings is 2. The molecule has 252 valence electrons. The Bertz CT molecular complexity index is 1290. The quantitative estimate of drug-likeness (QED) is 0.110. The van der Waals surface area contributed by atoms with Crippen molar-refractivity contribution in [3.05, 3.63) is 119 Å². The van der Waals surface area contributed by atoms with Crippen LogP contribution in [0.1, 0.15) is 118 Å². The third-order valence-corrected chi connectivity index (χ3v) is 8.67. The summed E-state index contributed by atoms with van der Waals surface area (Å²) >= 11 is 0. The fraction of sp³-hybridized carbons (Fsp3) is 0.429. The van der Waals surface area contributed by atoms with Crippen molar-refractivity contribution in [2.45, 2.75) is 118 Å². The number of hydrogen-bond acceptors (Lipinski definition) is 4. The third kappa shape index (κ3) is 14.0.